The maximum Gasteiger partial charge on any atom is 0.279 e. The van der Waals surface area contributed by atoms with Crippen molar-refractivity contribution in [2.75, 3.05) is 14.1 Å². The van der Waals surface area contributed by atoms with Crippen molar-refractivity contribution in [3.8, 4) is 0 Å². The predicted octanol–water partition coefficient (Wildman–Crippen LogP) is 2.34. The molecule has 0 atom stereocenters. The topological polar surface area (TPSA) is 95.6 Å². The first-order valence-corrected chi connectivity index (χ1v) is 11.3. The van der Waals surface area contributed by atoms with Crippen LogP contribution in [0.15, 0.2) is 35.2 Å². The minimum absolute atomic E-state index is 0.0955. The number of fused-ring (bicyclic) bond motifs is 1. The second-order valence-corrected chi connectivity index (χ2v) is 10.1. The summed E-state index contributed by atoms with van der Waals surface area (Å²) in [6.45, 7) is 0. The van der Waals surface area contributed by atoms with Crippen molar-refractivity contribution in [1.29, 1.82) is 0 Å². The molecule has 0 radical (unpaired) electrons. The lowest BCUT2D eigenvalue weighted by Crippen LogP contribution is -2.41. The second-order valence-electron chi connectivity index (χ2n) is 6.84. The van der Waals surface area contributed by atoms with E-state index in [1.54, 1.807) is 0 Å². The number of nitrogens with one attached hydrogen (secondary N) is 2. The van der Waals surface area contributed by atoms with Gasteiger partial charge in [0.25, 0.3) is 11.8 Å². The fourth-order valence-electron chi connectivity index (χ4n) is 3.02. The molecule has 1 aromatic heterocycles. The first-order valence-electron chi connectivity index (χ1n) is 9.04. The van der Waals surface area contributed by atoms with Crippen LogP contribution in [0.1, 0.15) is 49.7 Å². The Balaban J connectivity index is 1.62. The molecule has 28 heavy (non-hydrogen) atoms. The minimum atomic E-state index is -3.55. The number of hydrogen-bond acceptors (Lipinski definition) is 5. The van der Waals surface area contributed by atoms with Crippen LogP contribution in [-0.4, -0.2) is 38.6 Å². The quantitative estimate of drug-likeness (QED) is 0.585. The number of sulfonamides is 1. The fourth-order valence-corrected chi connectivity index (χ4v) is 5.07. The molecular weight excluding hydrogens is 398 g/mol. The van der Waals surface area contributed by atoms with E-state index in [9.17, 15) is 18.0 Å². The zero-order chi connectivity index (χ0) is 20.3. The van der Waals surface area contributed by atoms with E-state index in [1.165, 1.54) is 66.6 Å². The highest BCUT2D eigenvalue weighted by Gasteiger charge is 2.19. The van der Waals surface area contributed by atoms with E-state index in [1.807, 2.05) is 6.07 Å². The molecule has 0 unspecified atom stereocenters. The lowest BCUT2D eigenvalue weighted by Gasteiger charge is -2.11. The van der Waals surface area contributed by atoms with E-state index in [0.717, 1.165) is 30.0 Å². The number of aryl methyl sites for hydroxylation is 2. The lowest BCUT2D eigenvalue weighted by atomic mass is 10.1. The Hall–Kier alpha value is -2.23. The van der Waals surface area contributed by atoms with Gasteiger partial charge in [-0.05, 0) is 61.6 Å². The van der Waals surface area contributed by atoms with E-state index in [0.29, 0.717) is 4.88 Å². The minimum Gasteiger partial charge on any atom is -0.267 e. The summed E-state index contributed by atoms with van der Waals surface area (Å²) in [6, 6.07) is 7.45. The van der Waals surface area contributed by atoms with Gasteiger partial charge in [0.1, 0.15) is 0 Å². The number of hydrogen-bond donors (Lipinski definition) is 2. The summed E-state index contributed by atoms with van der Waals surface area (Å²) in [4.78, 5) is 26.5. The Labute approximate surface area is 168 Å². The van der Waals surface area contributed by atoms with E-state index in [-0.39, 0.29) is 16.4 Å². The summed E-state index contributed by atoms with van der Waals surface area (Å²) in [7, 11) is -0.672. The Morgan fingerprint density at radius 3 is 2.29 bits per heavy atom. The first-order chi connectivity index (χ1) is 13.3. The standard InChI is InChI=1S/C19H23N3O4S2/c1-22(2)28(25,26)15-10-8-13(9-11-15)18(23)20-21-19(24)17-12-14-6-4-3-5-7-16(14)27-17/h8-12H,3-7H2,1-2H3,(H,20,23)(H,21,24). The number of rotatable bonds is 4. The molecule has 0 spiro atoms. The van der Waals surface area contributed by atoms with Gasteiger partial charge in [-0.1, -0.05) is 6.42 Å². The van der Waals surface area contributed by atoms with E-state index in [4.69, 9.17) is 0 Å². The largest absolute Gasteiger partial charge is 0.279 e. The third-order valence-corrected chi connectivity index (χ3v) is 7.72. The molecule has 150 valence electrons. The first kappa shape index (κ1) is 20.5. The molecule has 0 saturated carbocycles. The van der Waals surface area contributed by atoms with Gasteiger partial charge in [-0.15, -0.1) is 11.3 Å². The van der Waals surface area contributed by atoms with Crippen molar-refractivity contribution in [3.63, 3.8) is 0 Å². The van der Waals surface area contributed by atoms with Crippen LogP contribution < -0.4 is 10.9 Å². The number of hydrazine groups is 1. The molecule has 1 aliphatic rings. The summed E-state index contributed by atoms with van der Waals surface area (Å²) in [5.74, 6) is -0.863. The Bertz CT molecular complexity index is 956. The van der Waals surface area contributed by atoms with Crippen LogP contribution in [0.2, 0.25) is 0 Å². The van der Waals surface area contributed by atoms with Crippen LogP contribution in [0.3, 0.4) is 0 Å². The van der Waals surface area contributed by atoms with Gasteiger partial charge >= 0.3 is 0 Å². The Kier molecular flexibility index (Phi) is 6.17. The molecule has 2 amide bonds. The molecule has 0 bridgehead atoms. The monoisotopic (exact) mass is 421 g/mol. The smallest absolute Gasteiger partial charge is 0.267 e. The molecule has 0 saturated heterocycles. The molecule has 0 fully saturated rings. The molecule has 3 rings (SSSR count). The van der Waals surface area contributed by atoms with Crippen molar-refractivity contribution in [1.82, 2.24) is 15.2 Å². The van der Waals surface area contributed by atoms with Crippen molar-refractivity contribution >= 4 is 33.2 Å². The number of amides is 2. The second kappa shape index (κ2) is 8.42. The maximum atomic E-state index is 12.3. The van der Waals surface area contributed by atoms with Crippen LogP contribution in [-0.2, 0) is 22.9 Å². The zero-order valence-corrected chi connectivity index (χ0v) is 17.5. The number of carbonyl (C=O) groups excluding carboxylic acids is 2. The van der Waals surface area contributed by atoms with Crippen molar-refractivity contribution in [2.45, 2.75) is 37.0 Å². The van der Waals surface area contributed by atoms with Gasteiger partial charge in [-0.3, -0.25) is 20.4 Å². The normalized spacial score (nSPS) is 14.2. The summed E-state index contributed by atoms with van der Waals surface area (Å²) in [6.07, 6.45) is 5.50. The Morgan fingerprint density at radius 2 is 1.61 bits per heavy atom. The molecule has 7 nitrogen and oxygen atoms in total. The van der Waals surface area contributed by atoms with Crippen molar-refractivity contribution in [3.05, 3.63) is 51.2 Å². The third kappa shape index (κ3) is 4.43. The molecule has 2 N–H and O–H groups in total. The van der Waals surface area contributed by atoms with Gasteiger partial charge in [-0.25, -0.2) is 12.7 Å². The highest BCUT2D eigenvalue weighted by atomic mass is 32.2. The summed E-state index contributed by atoms with van der Waals surface area (Å²) >= 11 is 1.48. The Morgan fingerprint density at radius 1 is 0.964 bits per heavy atom. The van der Waals surface area contributed by atoms with Crippen molar-refractivity contribution < 1.29 is 18.0 Å². The molecule has 1 heterocycles. The fraction of sp³-hybridized carbons (Fsp3) is 0.368. The number of nitrogens with zero attached hydrogens (tertiary/aromatic N) is 1. The molecule has 1 aliphatic carbocycles. The summed E-state index contributed by atoms with van der Waals surface area (Å²) in [5.41, 5.74) is 6.29. The number of benzene rings is 1. The molecular formula is C19H23N3O4S2. The van der Waals surface area contributed by atoms with Crippen LogP contribution >= 0.6 is 11.3 Å². The summed E-state index contributed by atoms with van der Waals surface area (Å²) < 4.78 is 25.2. The number of carbonyl (C=O) groups is 2. The van der Waals surface area contributed by atoms with Crippen molar-refractivity contribution in [2.24, 2.45) is 0 Å². The van der Waals surface area contributed by atoms with E-state index in [2.05, 4.69) is 10.9 Å². The van der Waals surface area contributed by atoms with Gasteiger partial charge in [0.05, 0.1) is 9.77 Å². The third-order valence-electron chi connectivity index (χ3n) is 4.66. The van der Waals surface area contributed by atoms with E-state index >= 15 is 0 Å². The van der Waals surface area contributed by atoms with Crippen LogP contribution in [0, 0.1) is 0 Å². The zero-order valence-electron chi connectivity index (χ0n) is 15.8. The molecule has 2 aromatic rings. The highest BCUT2D eigenvalue weighted by molar-refractivity contribution is 7.89. The van der Waals surface area contributed by atoms with Crippen LogP contribution in [0.25, 0.3) is 0 Å². The van der Waals surface area contributed by atoms with E-state index < -0.39 is 15.9 Å². The van der Waals surface area contributed by atoms with Gasteiger partial charge in [-0.2, -0.15) is 0 Å². The predicted molar refractivity (Wildman–Crippen MR) is 108 cm³/mol. The maximum absolute atomic E-state index is 12.3. The average Bonchev–Trinajstić information content (AvgIpc) is 2.96. The summed E-state index contributed by atoms with van der Waals surface area (Å²) in [5, 5.41) is 0. The lowest BCUT2D eigenvalue weighted by molar-refractivity contribution is 0.0849. The SMILES string of the molecule is CN(C)S(=O)(=O)c1ccc(C(=O)NNC(=O)c2cc3c(s2)CCCCC3)cc1. The van der Waals surface area contributed by atoms with Gasteiger partial charge < -0.3 is 0 Å². The molecule has 9 heteroatoms. The molecule has 0 aliphatic heterocycles. The highest BCUT2D eigenvalue weighted by Crippen LogP contribution is 2.28. The van der Waals surface area contributed by atoms with Gasteiger partial charge in [0.15, 0.2) is 0 Å². The van der Waals surface area contributed by atoms with Gasteiger partial charge in [0.2, 0.25) is 10.0 Å². The van der Waals surface area contributed by atoms with Crippen LogP contribution in [0.5, 0.6) is 0 Å². The average molecular weight is 422 g/mol. The number of thiophene rings is 1. The molecule has 1 aromatic carbocycles. The van der Waals surface area contributed by atoms with Gasteiger partial charge in [0, 0.05) is 24.5 Å². The van der Waals surface area contributed by atoms with Crippen LogP contribution in [0.4, 0.5) is 0 Å².